The molecule has 0 spiro atoms. The van der Waals surface area contributed by atoms with Gasteiger partial charge in [-0.15, -0.1) is 0 Å². The zero-order chi connectivity index (χ0) is 18.2. The average Bonchev–Trinajstić information content (AvgIpc) is 2.57. The standard InChI is InChI=1S/C20H25NO4/c1-21(2)8-7-14-11-20(25-4)18(23)12-15(14)16(21)9-13-5-6-19(24-3)17(22)10-13/h5-6,10-12,16H,7-9H2,1-4H3,(H-,22,23)/p+1/t16-/m1/s1. The third-order valence-corrected chi connectivity index (χ3v) is 5.27. The van der Waals surface area contributed by atoms with Gasteiger partial charge in [-0.3, -0.25) is 0 Å². The summed E-state index contributed by atoms with van der Waals surface area (Å²) in [5, 5.41) is 20.3. The maximum Gasteiger partial charge on any atom is 0.160 e. The quantitative estimate of drug-likeness (QED) is 0.837. The molecule has 1 aliphatic heterocycles. The first-order valence-corrected chi connectivity index (χ1v) is 8.44. The molecule has 25 heavy (non-hydrogen) atoms. The van der Waals surface area contributed by atoms with Gasteiger partial charge in [0.15, 0.2) is 23.0 Å². The number of benzene rings is 2. The molecule has 2 aromatic rings. The summed E-state index contributed by atoms with van der Waals surface area (Å²) in [6.45, 7) is 1.01. The number of methoxy groups -OCH3 is 2. The molecular weight excluding hydrogens is 318 g/mol. The van der Waals surface area contributed by atoms with E-state index in [1.54, 1.807) is 26.4 Å². The molecule has 0 amide bonds. The first-order chi connectivity index (χ1) is 11.9. The molecule has 5 heteroatoms. The third-order valence-electron chi connectivity index (χ3n) is 5.27. The highest BCUT2D eigenvalue weighted by molar-refractivity contribution is 5.49. The van der Waals surface area contributed by atoms with Crippen LogP contribution in [0.3, 0.4) is 0 Å². The topological polar surface area (TPSA) is 58.9 Å². The van der Waals surface area contributed by atoms with Crippen LogP contribution in [0.25, 0.3) is 0 Å². The highest BCUT2D eigenvalue weighted by Gasteiger charge is 2.36. The maximum atomic E-state index is 10.2. The van der Waals surface area contributed by atoms with E-state index in [1.165, 1.54) is 5.56 Å². The number of likely N-dealkylation sites (N-methyl/N-ethyl adjacent to an activating group) is 1. The van der Waals surface area contributed by atoms with Crippen LogP contribution in [0, 0.1) is 0 Å². The van der Waals surface area contributed by atoms with Crippen molar-refractivity contribution in [3.63, 3.8) is 0 Å². The molecule has 1 heterocycles. The molecule has 0 saturated heterocycles. The minimum Gasteiger partial charge on any atom is -0.504 e. The van der Waals surface area contributed by atoms with E-state index in [4.69, 9.17) is 9.47 Å². The van der Waals surface area contributed by atoms with Crippen LogP contribution in [0.2, 0.25) is 0 Å². The minimum absolute atomic E-state index is 0.152. The molecule has 0 unspecified atom stereocenters. The first-order valence-electron chi connectivity index (χ1n) is 8.44. The Kier molecular flexibility index (Phi) is 4.52. The lowest BCUT2D eigenvalue weighted by molar-refractivity contribution is -0.923. The van der Waals surface area contributed by atoms with Crippen molar-refractivity contribution in [2.45, 2.75) is 18.9 Å². The summed E-state index contributed by atoms with van der Waals surface area (Å²) in [7, 11) is 7.53. The largest absolute Gasteiger partial charge is 0.504 e. The van der Waals surface area contributed by atoms with Gasteiger partial charge in [0, 0.05) is 18.4 Å². The lowest BCUT2D eigenvalue weighted by atomic mass is 9.87. The molecule has 5 nitrogen and oxygen atoms in total. The Morgan fingerprint density at radius 3 is 2.32 bits per heavy atom. The van der Waals surface area contributed by atoms with E-state index in [0.29, 0.717) is 11.5 Å². The van der Waals surface area contributed by atoms with Crippen molar-refractivity contribution in [3.05, 3.63) is 47.0 Å². The Balaban J connectivity index is 2.00. The third kappa shape index (κ3) is 3.24. The Morgan fingerprint density at radius 1 is 1.00 bits per heavy atom. The first kappa shape index (κ1) is 17.4. The lowest BCUT2D eigenvalue weighted by Gasteiger charge is -2.43. The van der Waals surface area contributed by atoms with Crippen LogP contribution in [0.4, 0.5) is 0 Å². The maximum absolute atomic E-state index is 10.2. The number of hydrogen-bond acceptors (Lipinski definition) is 4. The van der Waals surface area contributed by atoms with Crippen molar-refractivity contribution in [1.82, 2.24) is 0 Å². The SMILES string of the molecule is COc1ccc(C[C@@H]2c3cc(O)c(OC)cc3CC[N+]2(C)C)cc1O. The number of phenols is 2. The number of ether oxygens (including phenoxy) is 2. The highest BCUT2D eigenvalue weighted by atomic mass is 16.5. The number of phenolic OH excluding ortho intramolecular Hbond substituents is 2. The van der Waals surface area contributed by atoms with Gasteiger partial charge in [-0.1, -0.05) is 6.07 Å². The number of aromatic hydroxyl groups is 2. The monoisotopic (exact) mass is 344 g/mol. The predicted molar refractivity (Wildman–Crippen MR) is 96.4 cm³/mol. The fourth-order valence-corrected chi connectivity index (χ4v) is 3.70. The minimum atomic E-state index is 0.152. The van der Waals surface area contributed by atoms with E-state index >= 15 is 0 Å². The smallest absolute Gasteiger partial charge is 0.160 e. The molecule has 0 fully saturated rings. The van der Waals surface area contributed by atoms with Gasteiger partial charge < -0.3 is 24.2 Å². The normalized spacial score (nSPS) is 18.5. The molecule has 0 saturated carbocycles. The number of rotatable bonds is 4. The van der Waals surface area contributed by atoms with Crippen LogP contribution in [0.1, 0.15) is 22.7 Å². The molecule has 134 valence electrons. The van der Waals surface area contributed by atoms with E-state index in [9.17, 15) is 10.2 Å². The second kappa shape index (κ2) is 6.48. The van der Waals surface area contributed by atoms with Crippen molar-refractivity contribution in [1.29, 1.82) is 0 Å². The van der Waals surface area contributed by atoms with Crippen LogP contribution in [0.15, 0.2) is 30.3 Å². The fourth-order valence-electron chi connectivity index (χ4n) is 3.70. The van der Waals surface area contributed by atoms with Crippen LogP contribution in [-0.2, 0) is 12.8 Å². The number of nitrogens with zero attached hydrogens (tertiary/aromatic N) is 1. The Bertz CT molecular complexity index is 786. The molecule has 0 aliphatic carbocycles. The molecule has 1 aliphatic rings. The molecule has 1 atom stereocenters. The summed E-state index contributed by atoms with van der Waals surface area (Å²) in [4.78, 5) is 0. The summed E-state index contributed by atoms with van der Waals surface area (Å²) >= 11 is 0. The van der Waals surface area contributed by atoms with E-state index in [0.717, 1.165) is 35.0 Å². The van der Waals surface area contributed by atoms with Crippen molar-refractivity contribution in [3.8, 4) is 23.0 Å². The van der Waals surface area contributed by atoms with Gasteiger partial charge in [0.1, 0.15) is 6.04 Å². The van der Waals surface area contributed by atoms with Crippen molar-refractivity contribution >= 4 is 0 Å². The second-order valence-corrected chi connectivity index (χ2v) is 7.20. The Hall–Kier alpha value is -2.40. The zero-order valence-corrected chi connectivity index (χ0v) is 15.2. The van der Waals surface area contributed by atoms with Gasteiger partial charge >= 0.3 is 0 Å². The van der Waals surface area contributed by atoms with Gasteiger partial charge in [-0.05, 0) is 35.4 Å². The van der Waals surface area contributed by atoms with Crippen LogP contribution in [0.5, 0.6) is 23.0 Å². The van der Waals surface area contributed by atoms with Gasteiger partial charge in [0.2, 0.25) is 0 Å². The van der Waals surface area contributed by atoms with Crippen molar-refractivity contribution in [2.75, 3.05) is 34.9 Å². The lowest BCUT2D eigenvalue weighted by Crippen LogP contribution is -2.48. The average molecular weight is 344 g/mol. The predicted octanol–water partition coefficient (Wildman–Crippen LogP) is 3.03. The molecule has 0 bridgehead atoms. The molecule has 0 radical (unpaired) electrons. The molecule has 2 aromatic carbocycles. The van der Waals surface area contributed by atoms with Gasteiger partial charge in [-0.2, -0.15) is 0 Å². The summed E-state index contributed by atoms with van der Waals surface area (Å²) < 4.78 is 11.2. The van der Waals surface area contributed by atoms with Crippen molar-refractivity contribution in [2.24, 2.45) is 0 Å². The van der Waals surface area contributed by atoms with E-state index in [-0.39, 0.29) is 17.5 Å². The van der Waals surface area contributed by atoms with Crippen molar-refractivity contribution < 1.29 is 24.2 Å². The number of hydrogen-bond donors (Lipinski definition) is 2. The summed E-state index contributed by atoms with van der Waals surface area (Å²) in [6, 6.07) is 9.50. The summed E-state index contributed by atoms with van der Waals surface area (Å²) in [6.07, 6.45) is 1.71. The second-order valence-electron chi connectivity index (χ2n) is 7.20. The van der Waals surface area contributed by atoms with Gasteiger partial charge in [-0.25, -0.2) is 0 Å². The molecular formula is C20H26NO4+. The van der Waals surface area contributed by atoms with Crippen LogP contribution < -0.4 is 9.47 Å². The Morgan fingerprint density at radius 2 is 1.68 bits per heavy atom. The molecule has 0 aromatic heterocycles. The fraction of sp³-hybridized carbons (Fsp3) is 0.400. The molecule has 2 N–H and O–H groups in total. The molecule has 3 rings (SSSR count). The summed E-state index contributed by atoms with van der Waals surface area (Å²) in [5.74, 6) is 1.32. The number of fused-ring (bicyclic) bond motifs is 1. The van der Waals surface area contributed by atoms with E-state index < -0.39 is 0 Å². The zero-order valence-electron chi connectivity index (χ0n) is 15.2. The summed E-state index contributed by atoms with van der Waals surface area (Å²) in [5.41, 5.74) is 3.40. The Labute approximate surface area is 148 Å². The van der Waals surface area contributed by atoms with E-state index in [2.05, 4.69) is 14.1 Å². The van der Waals surface area contributed by atoms with Crippen LogP contribution >= 0.6 is 0 Å². The number of quaternary nitrogens is 1. The van der Waals surface area contributed by atoms with E-state index in [1.807, 2.05) is 18.2 Å². The highest BCUT2D eigenvalue weighted by Crippen LogP contribution is 2.41. The van der Waals surface area contributed by atoms with Gasteiger partial charge in [0.25, 0.3) is 0 Å². The van der Waals surface area contributed by atoms with Gasteiger partial charge in [0.05, 0.1) is 34.9 Å². The van der Waals surface area contributed by atoms with Crippen LogP contribution in [-0.4, -0.2) is 49.6 Å².